The highest BCUT2D eigenvalue weighted by molar-refractivity contribution is 7.87. The van der Waals surface area contributed by atoms with Crippen molar-refractivity contribution in [1.82, 2.24) is 5.32 Å². The summed E-state index contributed by atoms with van der Waals surface area (Å²) in [6.07, 6.45) is 1.83. The van der Waals surface area contributed by atoms with E-state index in [9.17, 15) is 13.2 Å². The molecule has 0 spiro atoms. The van der Waals surface area contributed by atoms with Crippen molar-refractivity contribution in [2.45, 2.75) is 43.6 Å². The topological polar surface area (TPSA) is 90.9 Å². The van der Waals surface area contributed by atoms with E-state index in [1.54, 1.807) is 6.92 Å². The largest absolute Gasteiger partial charge is 0.375 e. The highest BCUT2D eigenvalue weighted by Gasteiger charge is 2.64. The molecule has 1 amide bonds. The SMILES string of the molecule is C=C(C)C(=O)NCOCCCOC1C2CC3C1OS(=O)(=O)C3C2. The minimum Gasteiger partial charge on any atom is -0.375 e. The lowest BCUT2D eigenvalue weighted by molar-refractivity contribution is -0.119. The molecule has 3 aliphatic rings. The number of ether oxygens (including phenoxy) is 2. The normalized spacial score (nSPS) is 36.3. The van der Waals surface area contributed by atoms with E-state index >= 15 is 0 Å². The lowest BCUT2D eigenvalue weighted by Crippen LogP contribution is -2.36. The van der Waals surface area contributed by atoms with Crippen molar-refractivity contribution in [1.29, 1.82) is 0 Å². The van der Waals surface area contributed by atoms with Gasteiger partial charge in [0.1, 0.15) is 12.8 Å². The second kappa shape index (κ2) is 6.51. The summed E-state index contributed by atoms with van der Waals surface area (Å²) in [5.74, 6) is 0.184. The van der Waals surface area contributed by atoms with Gasteiger partial charge in [0.2, 0.25) is 5.91 Å². The summed E-state index contributed by atoms with van der Waals surface area (Å²) in [7, 11) is -3.37. The van der Waals surface area contributed by atoms with Crippen LogP contribution in [-0.2, 0) is 28.6 Å². The lowest BCUT2D eigenvalue weighted by Gasteiger charge is -2.25. The summed E-state index contributed by atoms with van der Waals surface area (Å²) >= 11 is 0. The van der Waals surface area contributed by atoms with Crippen molar-refractivity contribution in [3.8, 4) is 0 Å². The Balaban J connectivity index is 1.32. The van der Waals surface area contributed by atoms with Gasteiger partial charge >= 0.3 is 0 Å². The molecule has 8 heteroatoms. The second-order valence-electron chi connectivity index (χ2n) is 6.52. The molecule has 0 radical (unpaired) electrons. The predicted octanol–water partition coefficient (Wildman–Crippen LogP) is 0.565. The van der Waals surface area contributed by atoms with Gasteiger partial charge in [-0.05, 0) is 32.1 Å². The first-order valence-electron chi connectivity index (χ1n) is 7.95. The Bertz CT molecular complexity index is 589. The fourth-order valence-corrected chi connectivity index (χ4v) is 5.71. The quantitative estimate of drug-likeness (QED) is 0.299. The third-order valence-electron chi connectivity index (χ3n) is 4.88. The summed E-state index contributed by atoms with van der Waals surface area (Å²) in [6, 6.07) is 0. The molecule has 5 atom stereocenters. The van der Waals surface area contributed by atoms with Crippen LogP contribution in [0.1, 0.15) is 26.2 Å². The third-order valence-corrected chi connectivity index (χ3v) is 6.65. The van der Waals surface area contributed by atoms with Crippen molar-refractivity contribution in [3.63, 3.8) is 0 Å². The molecule has 7 nitrogen and oxygen atoms in total. The average Bonchev–Trinajstić information content (AvgIpc) is 3.09. The van der Waals surface area contributed by atoms with Gasteiger partial charge in [0.25, 0.3) is 10.1 Å². The first-order valence-corrected chi connectivity index (χ1v) is 9.42. The molecular weight excluding hydrogens is 322 g/mol. The van der Waals surface area contributed by atoms with Crippen LogP contribution >= 0.6 is 0 Å². The number of carbonyl (C=O) groups excluding carboxylic acids is 1. The van der Waals surface area contributed by atoms with E-state index in [0.717, 1.165) is 6.42 Å². The van der Waals surface area contributed by atoms with Crippen molar-refractivity contribution in [2.75, 3.05) is 19.9 Å². The Morgan fingerprint density at radius 3 is 2.87 bits per heavy atom. The number of hydrogen-bond acceptors (Lipinski definition) is 6. The number of hydrogen-bond donors (Lipinski definition) is 1. The molecule has 0 aromatic carbocycles. The molecular formula is C15H23NO6S. The zero-order valence-electron chi connectivity index (χ0n) is 13.2. The number of amides is 1. The molecule has 1 heterocycles. The molecule has 3 rings (SSSR count). The van der Waals surface area contributed by atoms with Gasteiger partial charge in [-0.3, -0.25) is 8.98 Å². The molecule has 2 aliphatic carbocycles. The van der Waals surface area contributed by atoms with Crippen LogP contribution in [0.4, 0.5) is 0 Å². The van der Waals surface area contributed by atoms with Crippen molar-refractivity contribution >= 4 is 16.0 Å². The highest BCUT2D eigenvalue weighted by atomic mass is 32.2. The maximum Gasteiger partial charge on any atom is 0.270 e. The Morgan fingerprint density at radius 2 is 2.13 bits per heavy atom. The van der Waals surface area contributed by atoms with Gasteiger partial charge in [-0.2, -0.15) is 8.42 Å². The molecule has 2 bridgehead atoms. The van der Waals surface area contributed by atoms with E-state index in [0.29, 0.717) is 37.5 Å². The Kier molecular flexibility index (Phi) is 4.78. The summed E-state index contributed by atoms with van der Waals surface area (Å²) in [4.78, 5) is 11.2. The standard InChI is InChI=1S/C15H23NO6S/c1-9(2)15(17)16-8-20-4-3-5-21-13-10-6-11-12(7-10)23(18,19)22-14(11)13/h10-14H,1,3-8H2,2H3,(H,16,17). The Labute approximate surface area is 136 Å². The van der Waals surface area contributed by atoms with Crippen LogP contribution in [-0.4, -0.2) is 51.7 Å². The van der Waals surface area contributed by atoms with E-state index in [4.69, 9.17) is 13.7 Å². The van der Waals surface area contributed by atoms with Crippen LogP contribution in [0.25, 0.3) is 0 Å². The molecule has 3 fully saturated rings. The fourth-order valence-electron chi connectivity index (χ4n) is 3.83. The molecule has 2 saturated carbocycles. The number of nitrogens with one attached hydrogen (secondary N) is 1. The number of fused-ring (bicyclic) bond motifs is 1. The maximum absolute atomic E-state index is 11.8. The fraction of sp³-hybridized carbons (Fsp3) is 0.800. The Hall–Kier alpha value is -0.960. The smallest absolute Gasteiger partial charge is 0.270 e. The lowest BCUT2D eigenvalue weighted by atomic mass is 9.94. The number of carbonyl (C=O) groups is 1. The zero-order valence-corrected chi connectivity index (χ0v) is 14.0. The minimum absolute atomic E-state index is 0.114. The van der Waals surface area contributed by atoms with Gasteiger partial charge in [-0.15, -0.1) is 0 Å². The predicted molar refractivity (Wildman–Crippen MR) is 81.9 cm³/mol. The molecule has 0 aromatic heterocycles. The van der Waals surface area contributed by atoms with E-state index < -0.39 is 10.1 Å². The molecule has 1 saturated heterocycles. The summed E-state index contributed by atoms with van der Waals surface area (Å²) in [5.41, 5.74) is 0.443. The van der Waals surface area contributed by atoms with Crippen molar-refractivity contribution < 1.29 is 26.9 Å². The first kappa shape index (κ1) is 16.9. The van der Waals surface area contributed by atoms with Crippen molar-refractivity contribution in [3.05, 3.63) is 12.2 Å². The summed E-state index contributed by atoms with van der Waals surface area (Å²) in [5, 5.41) is 2.27. The van der Waals surface area contributed by atoms with Crippen LogP contribution < -0.4 is 5.32 Å². The van der Waals surface area contributed by atoms with E-state index in [2.05, 4.69) is 11.9 Å². The molecule has 5 unspecified atom stereocenters. The average molecular weight is 345 g/mol. The zero-order chi connectivity index (χ0) is 16.6. The third kappa shape index (κ3) is 3.31. The molecule has 1 aliphatic heterocycles. The highest BCUT2D eigenvalue weighted by Crippen LogP contribution is 2.55. The molecule has 23 heavy (non-hydrogen) atoms. The van der Waals surface area contributed by atoms with Gasteiger partial charge in [0, 0.05) is 18.1 Å². The van der Waals surface area contributed by atoms with Gasteiger partial charge in [0.15, 0.2) is 0 Å². The summed E-state index contributed by atoms with van der Waals surface area (Å²) in [6.45, 7) is 6.27. The maximum atomic E-state index is 11.8. The van der Waals surface area contributed by atoms with E-state index in [1.807, 2.05) is 0 Å². The first-order chi connectivity index (χ1) is 10.9. The van der Waals surface area contributed by atoms with Crippen LogP contribution in [0, 0.1) is 11.8 Å². The van der Waals surface area contributed by atoms with Crippen molar-refractivity contribution in [2.24, 2.45) is 11.8 Å². The Morgan fingerprint density at radius 1 is 1.35 bits per heavy atom. The van der Waals surface area contributed by atoms with Gasteiger partial charge in [-0.25, -0.2) is 0 Å². The van der Waals surface area contributed by atoms with Crippen LogP contribution in [0.3, 0.4) is 0 Å². The van der Waals surface area contributed by atoms with E-state index in [-0.39, 0.29) is 36.0 Å². The minimum atomic E-state index is -3.37. The summed E-state index contributed by atoms with van der Waals surface area (Å²) < 4.78 is 40.1. The molecule has 1 N–H and O–H groups in total. The van der Waals surface area contributed by atoms with E-state index in [1.165, 1.54) is 0 Å². The van der Waals surface area contributed by atoms with Crippen LogP contribution in [0.2, 0.25) is 0 Å². The second-order valence-corrected chi connectivity index (χ2v) is 8.30. The van der Waals surface area contributed by atoms with Crippen LogP contribution in [0.5, 0.6) is 0 Å². The monoisotopic (exact) mass is 345 g/mol. The molecule has 130 valence electrons. The van der Waals surface area contributed by atoms with Gasteiger partial charge in [0.05, 0.1) is 18.0 Å². The number of rotatable bonds is 8. The molecule has 0 aromatic rings. The van der Waals surface area contributed by atoms with Gasteiger partial charge in [-0.1, -0.05) is 6.58 Å². The van der Waals surface area contributed by atoms with Crippen LogP contribution in [0.15, 0.2) is 12.2 Å². The van der Waals surface area contributed by atoms with Gasteiger partial charge < -0.3 is 14.8 Å².